The van der Waals surface area contributed by atoms with Crippen molar-refractivity contribution in [1.82, 2.24) is 4.57 Å². The van der Waals surface area contributed by atoms with Gasteiger partial charge in [0, 0.05) is 37.0 Å². The van der Waals surface area contributed by atoms with Gasteiger partial charge < -0.3 is 19.9 Å². The van der Waals surface area contributed by atoms with Crippen molar-refractivity contribution in [2.75, 3.05) is 17.7 Å². The molecule has 9 heteroatoms. The van der Waals surface area contributed by atoms with Gasteiger partial charge in [0.05, 0.1) is 29.6 Å². The number of fused-ring (bicyclic) bond motifs is 1. The van der Waals surface area contributed by atoms with Crippen molar-refractivity contribution in [1.29, 1.82) is 0 Å². The maximum absolute atomic E-state index is 13.0. The van der Waals surface area contributed by atoms with Crippen molar-refractivity contribution in [2.45, 2.75) is 33.0 Å². The van der Waals surface area contributed by atoms with E-state index in [-0.39, 0.29) is 11.4 Å². The van der Waals surface area contributed by atoms with Crippen LogP contribution in [0, 0.1) is 6.92 Å². The molecule has 2 heterocycles. The minimum absolute atomic E-state index is 0.0655. The topological polar surface area (TPSA) is 67.7 Å². The number of hydrogen-bond donors (Lipinski definition) is 2. The number of carbonyl (C=O) groups is 1. The molecule has 184 valence electrons. The normalized spacial score (nSPS) is 12.6. The third-order valence-electron chi connectivity index (χ3n) is 5.26. The van der Waals surface area contributed by atoms with E-state index in [0.717, 1.165) is 41.6 Å². The highest BCUT2D eigenvalue weighted by Gasteiger charge is 2.31. The second-order valence-electron chi connectivity index (χ2n) is 7.62. The first-order valence-electron chi connectivity index (χ1n) is 11.0. The monoisotopic (exact) mass is 484 g/mol. The van der Waals surface area contributed by atoms with E-state index < -0.39 is 17.8 Å². The summed E-state index contributed by atoms with van der Waals surface area (Å²) in [4.78, 5) is 16.4. The first-order chi connectivity index (χ1) is 16.7. The average Bonchev–Trinajstić information content (AvgIpc) is 3.04. The van der Waals surface area contributed by atoms with Gasteiger partial charge in [-0.25, -0.2) is 4.79 Å². The van der Waals surface area contributed by atoms with Crippen molar-refractivity contribution >= 4 is 34.5 Å². The number of hydrogen-bond acceptors (Lipinski definition) is 3. The molecule has 0 aliphatic carbocycles. The lowest BCUT2D eigenvalue weighted by Crippen LogP contribution is -2.20. The molecule has 0 fully saturated rings. The fourth-order valence-electron chi connectivity index (χ4n) is 3.58. The number of nitrogens with zero attached hydrogens (tertiary/aromatic N) is 2. The Kier molecular flexibility index (Phi) is 8.35. The standard InChI is InChI=1S/C20H20F3N3O2.C6H7N/c1-4-26-10-9-14-15(7-5-12(2)18(14)26)24-19(27)25-16-11-13(20(21,22)23)6-8-17(16)28-3;1-2-4-6-7-5-3-1/h5-11H,4H2,1-3H3,(H2,24,25,27);1-3,5-6H,4H2. The van der Waals surface area contributed by atoms with Crippen LogP contribution in [-0.2, 0) is 12.7 Å². The van der Waals surface area contributed by atoms with E-state index in [4.69, 9.17) is 4.74 Å². The predicted molar refractivity (Wildman–Crippen MR) is 134 cm³/mol. The molecular formula is C26H27F3N4O2. The van der Waals surface area contributed by atoms with Crippen LogP contribution in [0.2, 0.25) is 0 Å². The molecule has 0 saturated carbocycles. The number of alkyl halides is 3. The van der Waals surface area contributed by atoms with Gasteiger partial charge in [0.15, 0.2) is 0 Å². The lowest BCUT2D eigenvalue weighted by atomic mass is 10.1. The van der Waals surface area contributed by atoms with Crippen molar-refractivity contribution in [3.8, 4) is 5.75 Å². The summed E-state index contributed by atoms with van der Waals surface area (Å²) in [5.74, 6) is 0.134. The largest absolute Gasteiger partial charge is 0.495 e. The number of methoxy groups -OCH3 is 1. The predicted octanol–water partition coefficient (Wildman–Crippen LogP) is 7.17. The fourth-order valence-corrected chi connectivity index (χ4v) is 3.58. The molecule has 1 aliphatic heterocycles. The molecule has 1 aromatic heterocycles. The summed E-state index contributed by atoms with van der Waals surface area (Å²) in [5.41, 5.74) is 1.69. The van der Waals surface area contributed by atoms with Crippen LogP contribution in [-0.4, -0.2) is 23.9 Å². The Balaban J connectivity index is 0.000000420. The summed E-state index contributed by atoms with van der Waals surface area (Å²) in [6.07, 6.45) is 8.00. The first kappa shape index (κ1) is 25.6. The van der Waals surface area contributed by atoms with E-state index in [0.29, 0.717) is 5.69 Å². The third kappa shape index (κ3) is 6.53. The van der Waals surface area contributed by atoms with Crippen molar-refractivity contribution in [2.24, 2.45) is 4.99 Å². The Hall–Kier alpha value is -4.01. The number of amides is 2. The lowest BCUT2D eigenvalue weighted by molar-refractivity contribution is -0.137. The molecule has 0 saturated heterocycles. The molecule has 0 spiro atoms. The summed E-state index contributed by atoms with van der Waals surface area (Å²) < 4.78 is 46.0. The summed E-state index contributed by atoms with van der Waals surface area (Å²) in [6, 6.07) is 7.80. The van der Waals surface area contributed by atoms with Gasteiger partial charge in [0.25, 0.3) is 0 Å². The van der Waals surface area contributed by atoms with Crippen LogP contribution in [0.1, 0.15) is 24.5 Å². The zero-order valence-electron chi connectivity index (χ0n) is 19.7. The number of benzene rings is 2. The highest BCUT2D eigenvalue weighted by Crippen LogP contribution is 2.35. The number of nitrogens with one attached hydrogen (secondary N) is 2. The van der Waals surface area contributed by atoms with Crippen LogP contribution in [0.4, 0.5) is 29.3 Å². The molecule has 2 aromatic carbocycles. The van der Waals surface area contributed by atoms with Crippen molar-refractivity contribution < 1.29 is 22.7 Å². The molecule has 2 N–H and O–H groups in total. The number of anilines is 2. The summed E-state index contributed by atoms with van der Waals surface area (Å²) >= 11 is 0. The Labute approximate surface area is 201 Å². The molecular weight excluding hydrogens is 457 g/mol. The molecule has 35 heavy (non-hydrogen) atoms. The number of carbonyl (C=O) groups excluding carboxylic acids is 1. The van der Waals surface area contributed by atoms with Crippen LogP contribution in [0.25, 0.3) is 10.9 Å². The van der Waals surface area contributed by atoms with Gasteiger partial charge in [-0.15, -0.1) is 0 Å². The molecule has 0 bridgehead atoms. The molecule has 1 aliphatic rings. The Morgan fingerprint density at radius 3 is 2.60 bits per heavy atom. The van der Waals surface area contributed by atoms with E-state index in [1.165, 1.54) is 13.2 Å². The lowest BCUT2D eigenvalue weighted by Gasteiger charge is -2.15. The van der Waals surface area contributed by atoms with E-state index in [2.05, 4.69) is 26.3 Å². The number of aryl methyl sites for hydroxylation is 2. The van der Waals surface area contributed by atoms with Crippen LogP contribution in [0.3, 0.4) is 0 Å². The molecule has 4 rings (SSSR count). The molecule has 0 atom stereocenters. The second kappa shape index (κ2) is 11.4. The Bertz CT molecular complexity index is 1260. The SMILES string of the molecule is C1=CCC=NC=C1.CCn1ccc2c(NC(=O)Nc3cc(C(F)(F)F)ccc3OC)ccc(C)c21. The Morgan fingerprint density at radius 2 is 1.89 bits per heavy atom. The van der Waals surface area contributed by atoms with Crippen LogP contribution < -0.4 is 15.4 Å². The van der Waals surface area contributed by atoms with Crippen molar-refractivity contribution in [3.63, 3.8) is 0 Å². The van der Waals surface area contributed by atoms with E-state index >= 15 is 0 Å². The maximum atomic E-state index is 13.0. The molecule has 0 radical (unpaired) electrons. The van der Waals surface area contributed by atoms with Crippen LogP contribution in [0.15, 0.2) is 72.0 Å². The summed E-state index contributed by atoms with van der Waals surface area (Å²) in [6.45, 7) is 4.78. The average molecular weight is 485 g/mol. The van der Waals surface area contributed by atoms with Crippen LogP contribution >= 0.6 is 0 Å². The number of allylic oxidation sites excluding steroid dienone is 3. The number of ether oxygens (including phenoxy) is 1. The zero-order valence-corrected chi connectivity index (χ0v) is 19.7. The zero-order chi connectivity index (χ0) is 25.4. The van der Waals surface area contributed by atoms with E-state index in [9.17, 15) is 18.0 Å². The van der Waals surface area contributed by atoms with Gasteiger partial charge in [-0.3, -0.25) is 4.99 Å². The highest BCUT2D eigenvalue weighted by atomic mass is 19.4. The van der Waals surface area contributed by atoms with Gasteiger partial charge >= 0.3 is 12.2 Å². The summed E-state index contributed by atoms with van der Waals surface area (Å²) in [5, 5.41) is 6.00. The Morgan fingerprint density at radius 1 is 1.11 bits per heavy atom. The quantitative estimate of drug-likeness (QED) is 0.412. The highest BCUT2D eigenvalue weighted by molar-refractivity contribution is 6.06. The van der Waals surface area contributed by atoms with E-state index in [1.807, 2.05) is 50.5 Å². The molecule has 3 aromatic rings. The van der Waals surface area contributed by atoms with Crippen LogP contribution in [0.5, 0.6) is 5.75 Å². The van der Waals surface area contributed by atoms with Gasteiger partial charge in [-0.05, 0) is 55.8 Å². The number of rotatable bonds is 4. The minimum Gasteiger partial charge on any atom is -0.495 e. The van der Waals surface area contributed by atoms with Gasteiger partial charge in [0.2, 0.25) is 0 Å². The van der Waals surface area contributed by atoms with Crippen molar-refractivity contribution in [3.05, 3.63) is 78.1 Å². The van der Waals surface area contributed by atoms with Gasteiger partial charge in [-0.2, -0.15) is 13.2 Å². The fraction of sp³-hybridized carbons (Fsp3) is 0.231. The maximum Gasteiger partial charge on any atom is 0.416 e. The minimum atomic E-state index is -4.52. The number of urea groups is 1. The number of aliphatic imine (C=N–C) groups is 1. The third-order valence-corrected chi connectivity index (χ3v) is 5.26. The molecule has 6 nitrogen and oxygen atoms in total. The second-order valence-corrected chi connectivity index (χ2v) is 7.62. The van der Waals surface area contributed by atoms with Gasteiger partial charge in [0.1, 0.15) is 5.75 Å². The van der Waals surface area contributed by atoms with E-state index in [1.54, 1.807) is 12.3 Å². The smallest absolute Gasteiger partial charge is 0.416 e. The summed E-state index contributed by atoms with van der Waals surface area (Å²) in [7, 11) is 1.32. The molecule has 2 amide bonds. The molecule has 0 unspecified atom stereocenters. The first-order valence-corrected chi connectivity index (χ1v) is 11.0. The number of aromatic nitrogens is 1. The number of halogens is 3. The van der Waals surface area contributed by atoms with Gasteiger partial charge in [-0.1, -0.05) is 18.2 Å².